The molecule has 36 heavy (non-hydrogen) atoms. The molecule has 3 rings (SSSR count). The normalized spacial score (nSPS) is 18.0. The van der Waals surface area contributed by atoms with Crippen LogP contribution in [0.5, 0.6) is 5.75 Å². The molecule has 1 aliphatic carbocycles. The number of unbranched alkanes of at least 4 members (excludes halogenated alkanes) is 8. The van der Waals surface area contributed by atoms with Crippen molar-refractivity contribution < 1.29 is 4.74 Å². The number of nitrogens with zero attached hydrogens (tertiary/aromatic N) is 1. The summed E-state index contributed by atoms with van der Waals surface area (Å²) in [4.78, 5) is 4.68. The first-order valence-corrected chi connectivity index (χ1v) is 15.3. The van der Waals surface area contributed by atoms with Crippen LogP contribution in [0.2, 0.25) is 0 Å². The molecule has 1 aliphatic rings. The van der Waals surface area contributed by atoms with E-state index in [0.29, 0.717) is 0 Å². The van der Waals surface area contributed by atoms with E-state index in [2.05, 4.69) is 62.2 Å². The van der Waals surface area contributed by atoms with Crippen molar-refractivity contribution in [3.63, 3.8) is 0 Å². The van der Waals surface area contributed by atoms with E-state index in [1.165, 1.54) is 107 Å². The van der Waals surface area contributed by atoms with E-state index in [4.69, 9.17) is 4.74 Å². The topological polar surface area (TPSA) is 22.1 Å². The highest BCUT2D eigenvalue weighted by Gasteiger charge is 2.22. The molecule has 1 fully saturated rings. The smallest absolute Gasteiger partial charge is 0.137 e. The Bertz CT molecular complexity index is 802. The molecule has 0 N–H and O–H groups in total. The van der Waals surface area contributed by atoms with Gasteiger partial charge in [0.1, 0.15) is 5.75 Å². The van der Waals surface area contributed by atoms with E-state index in [9.17, 15) is 0 Å². The Morgan fingerprint density at radius 1 is 0.778 bits per heavy atom. The number of rotatable bonds is 17. The fourth-order valence-electron chi connectivity index (χ4n) is 5.76. The molecular formula is C34H53NO. The average molecular weight is 492 g/mol. The van der Waals surface area contributed by atoms with E-state index < -0.39 is 0 Å². The summed E-state index contributed by atoms with van der Waals surface area (Å²) in [5, 5.41) is 0. The Morgan fingerprint density at radius 3 is 2.17 bits per heavy atom. The van der Waals surface area contributed by atoms with Gasteiger partial charge in [0.05, 0.1) is 18.5 Å². The van der Waals surface area contributed by atoms with Crippen LogP contribution in [0, 0.1) is 11.8 Å². The van der Waals surface area contributed by atoms with Crippen LogP contribution in [0.3, 0.4) is 0 Å². The molecule has 0 aliphatic heterocycles. The van der Waals surface area contributed by atoms with Gasteiger partial charge in [-0.3, -0.25) is 4.98 Å². The Hall–Kier alpha value is -1.83. The van der Waals surface area contributed by atoms with Crippen LogP contribution in [0.1, 0.15) is 135 Å². The van der Waals surface area contributed by atoms with Crippen molar-refractivity contribution in [2.24, 2.45) is 11.8 Å². The van der Waals surface area contributed by atoms with Crippen molar-refractivity contribution in [1.29, 1.82) is 0 Å². The largest absolute Gasteiger partial charge is 0.492 e. The van der Waals surface area contributed by atoms with Crippen LogP contribution < -0.4 is 4.74 Å². The highest BCUT2D eigenvalue weighted by molar-refractivity contribution is 5.60. The first kappa shape index (κ1) is 28.7. The van der Waals surface area contributed by atoms with Crippen LogP contribution in [0.15, 0.2) is 42.6 Å². The average Bonchev–Trinajstić information content (AvgIpc) is 2.91. The highest BCUT2D eigenvalue weighted by atomic mass is 16.5. The first-order valence-electron chi connectivity index (χ1n) is 15.3. The van der Waals surface area contributed by atoms with Gasteiger partial charge in [-0.15, -0.1) is 0 Å². The van der Waals surface area contributed by atoms with Gasteiger partial charge in [-0.25, -0.2) is 0 Å². The zero-order chi connectivity index (χ0) is 25.4. The summed E-state index contributed by atoms with van der Waals surface area (Å²) < 4.78 is 5.93. The molecule has 0 unspecified atom stereocenters. The van der Waals surface area contributed by atoms with Gasteiger partial charge in [0.25, 0.3) is 0 Å². The van der Waals surface area contributed by atoms with Crippen molar-refractivity contribution in [3.05, 3.63) is 48.2 Å². The highest BCUT2D eigenvalue weighted by Crippen LogP contribution is 2.38. The third kappa shape index (κ3) is 10.7. The fourth-order valence-corrected chi connectivity index (χ4v) is 5.76. The number of aromatic nitrogens is 1. The lowest BCUT2D eigenvalue weighted by atomic mass is 9.77. The summed E-state index contributed by atoms with van der Waals surface area (Å²) in [7, 11) is 0. The summed E-state index contributed by atoms with van der Waals surface area (Å²) in [6, 6.07) is 13.4. The Labute approximate surface area is 222 Å². The molecule has 1 aromatic heterocycles. The quantitative estimate of drug-likeness (QED) is 0.205. The standard InChI is InChI=1S/C34H53NO/c1-4-5-6-8-12-15-29-16-18-30(19-17-29)31-20-22-32(23-21-31)34-25-24-33(27-35-34)36-26-13-10-7-9-11-14-28(2)3/h20-25,27-30H,4-19,26H2,1-3H3. The van der Waals surface area contributed by atoms with Crippen LogP contribution in [0.4, 0.5) is 0 Å². The number of pyridine rings is 1. The molecule has 2 aromatic rings. The zero-order valence-corrected chi connectivity index (χ0v) is 23.6. The molecule has 0 atom stereocenters. The van der Waals surface area contributed by atoms with Crippen molar-refractivity contribution in [1.82, 2.24) is 4.98 Å². The number of hydrogen-bond acceptors (Lipinski definition) is 2. The van der Waals surface area contributed by atoms with Crippen molar-refractivity contribution in [2.75, 3.05) is 6.61 Å². The van der Waals surface area contributed by atoms with Crippen LogP contribution >= 0.6 is 0 Å². The Kier molecular flexibility index (Phi) is 13.4. The predicted octanol–water partition coefficient (Wildman–Crippen LogP) is 10.8. The SMILES string of the molecule is CCCCCCCC1CCC(c2ccc(-c3ccc(OCCCCCCCC(C)C)cn3)cc2)CC1. The van der Waals surface area contributed by atoms with Crippen molar-refractivity contribution in [3.8, 4) is 17.0 Å². The monoisotopic (exact) mass is 491 g/mol. The van der Waals surface area contributed by atoms with Crippen molar-refractivity contribution >= 4 is 0 Å². The fraction of sp³-hybridized carbons (Fsp3) is 0.676. The van der Waals surface area contributed by atoms with Crippen LogP contribution in [0.25, 0.3) is 11.3 Å². The summed E-state index contributed by atoms with van der Waals surface area (Å²) in [6.45, 7) is 7.71. The molecule has 2 nitrogen and oxygen atoms in total. The van der Waals surface area contributed by atoms with Crippen molar-refractivity contribution in [2.45, 2.75) is 129 Å². The minimum atomic E-state index is 0.745. The molecule has 0 bridgehead atoms. The van der Waals surface area contributed by atoms with Crippen LogP contribution in [-0.4, -0.2) is 11.6 Å². The summed E-state index contributed by atoms with van der Waals surface area (Å²) in [5.74, 6) is 3.44. The third-order valence-corrected chi connectivity index (χ3v) is 8.17. The van der Waals surface area contributed by atoms with Crippen LogP contribution in [-0.2, 0) is 0 Å². The van der Waals surface area contributed by atoms with Gasteiger partial charge >= 0.3 is 0 Å². The summed E-state index contributed by atoms with van der Waals surface area (Å²) in [5.41, 5.74) is 3.75. The number of benzene rings is 1. The minimum absolute atomic E-state index is 0.745. The molecule has 0 radical (unpaired) electrons. The predicted molar refractivity (Wildman–Crippen MR) is 156 cm³/mol. The van der Waals surface area contributed by atoms with E-state index in [-0.39, 0.29) is 0 Å². The Balaban J connectivity index is 1.34. The number of ether oxygens (including phenoxy) is 1. The maximum Gasteiger partial charge on any atom is 0.137 e. The van der Waals surface area contributed by atoms with Gasteiger partial charge in [0.2, 0.25) is 0 Å². The van der Waals surface area contributed by atoms with E-state index in [0.717, 1.165) is 42.2 Å². The lowest BCUT2D eigenvalue weighted by Crippen LogP contribution is -2.13. The molecule has 0 spiro atoms. The summed E-state index contributed by atoms with van der Waals surface area (Å²) >= 11 is 0. The second-order valence-corrected chi connectivity index (χ2v) is 11.7. The minimum Gasteiger partial charge on any atom is -0.492 e. The van der Waals surface area contributed by atoms with E-state index in [1.807, 2.05) is 6.20 Å². The van der Waals surface area contributed by atoms with Gasteiger partial charge in [-0.1, -0.05) is 116 Å². The molecule has 1 aromatic carbocycles. The maximum atomic E-state index is 5.93. The maximum absolute atomic E-state index is 5.93. The molecule has 0 saturated heterocycles. The number of hydrogen-bond donors (Lipinski definition) is 0. The molecule has 2 heteroatoms. The first-order chi connectivity index (χ1) is 17.7. The van der Waals surface area contributed by atoms with E-state index in [1.54, 1.807) is 0 Å². The third-order valence-electron chi connectivity index (χ3n) is 8.17. The molecular weight excluding hydrogens is 438 g/mol. The molecule has 1 heterocycles. The lowest BCUT2D eigenvalue weighted by molar-refractivity contribution is 0.302. The molecule has 1 saturated carbocycles. The zero-order valence-electron chi connectivity index (χ0n) is 23.6. The van der Waals surface area contributed by atoms with Gasteiger partial charge in [-0.05, 0) is 67.6 Å². The lowest BCUT2D eigenvalue weighted by Gasteiger charge is -2.29. The molecule has 200 valence electrons. The van der Waals surface area contributed by atoms with E-state index >= 15 is 0 Å². The van der Waals surface area contributed by atoms with Gasteiger partial charge in [0.15, 0.2) is 0 Å². The Morgan fingerprint density at radius 2 is 1.47 bits per heavy atom. The second-order valence-electron chi connectivity index (χ2n) is 11.7. The second kappa shape index (κ2) is 16.8. The van der Waals surface area contributed by atoms with Gasteiger partial charge in [0, 0.05) is 5.56 Å². The van der Waals surface area contributed by atoms with Gasteiger partial charge in [-0.2, -0.15) is 0 Å². The molecule has 0 amide bonds. The summed E-state index contributed by atoms with van der Waals surface area (Å²) in [6.07, 6.45) is 23.8. The van der Waals surface area contributed by atoms with Gasteiger partial charge < -0.3 is 4.74 Å².